The predicted molar refractivity (Wildman–Crippen MR) is 55.4 cm³/mol. The van der Waals surface area contributed by atoms with E-state index in [4.69, 9.17) is 10.8 Å². The van der Waals surface area contributed by atoms with Gasteiger partial charge in [-0.15, -0.1) is 0 Å². The van der Waals surface area contributed by atoms with Gasteiger partial charge >= 0.3 is 12.0 Å². The number of carboxylic acid groups (broad SMARTS) is 1. The molecule has 0 radical (unpaired) electrons. The van der Waals surface area contributed by atoms with Crippen LogP contribution in [-0.4, -0.2) is 27.6 Å². The van der Waals surface area contributed by atoms with Gasteiger partial charge in [0, 0.05) is 6.20 Å². The highest BCUT2D eigenvalue weighted by Crippen LogP contribution is 1.92. The van der Waals surface area contributed by atoms with Gasteiger partial charge in [-0.05, 0) is 12.1 Å². The van der Waals surface area contributed by atoms with E-state index in [9.17, 15) is 19.2 Å². The molecule has 0 fully saturated rings. The van der Waals surface area contributed by atoms with Crippen molar-refractivity contribution in [3.8, 4) is 0 Å². The van der Waals surface area contributed by atoms with Gasteiger partial charge in [0.25, 0.3) is 5.56 Å². The van der Waals surface area contributed by atoms with E-state index in [-0.39, 0.29) is 0 Å². The number of hydrogen-bond donors (Lipinski definition) is 3. The fourth-order valence-electron chi connectivity index (χ4n) is 1.16. The highest BCUT2D eigenvalue weighted by Gasteiger charge is 2.12. The Hall–Kier alpha value is -2.64. The van der Waals surface area contributed by atoms with Crippen LogP contribution in [0.25, 0.3) is 0 Å². The molecule has 0 unspecified atom stereocenters. The van der Waals surface area contributed by atoms with Crippen molar-refractivity contribution < 1.29 is 19.5 Å². The largest absolute Gasteiger partial charge is 0.477 e. The molecule has 4 N–H and O–H groups in total. The van der Waals surface area contributed by atoms with Gasteiger partial charge in [0.15, 0.2) is 0 Å². The minimum atomic E-state index is -1.39. The maximum absolute atomic E-state index is 11.5. The molecule has 0 aliphatic heterocycles. The summed E-state index contributed by atoms with van der Waals surface area (Å²) >= 11 is 0. The molecule has 0 spiro atoms. The minimum Gasteiger partial charge on any atom is -0.477 e. The van der Waals surface area contributed by atoms with E-state index in [2.05, 4.69) is 0 Å². The number of nitrogens with two attached hydrogens (primary N) is 1. The molecule has 3 amide bonds. The summed E-state index contributed by atoms with van der Waals surface area (Å²) in [5, 5.41) is 10.4. The number of imide groups is 1. The van der Waals surface area contributed by atoms with Gasteiger partial charge in [-0.3, -0.25) is 14.9 Å². The van der Waals surface area contributed by atoms with Crippen LogP contribution in [0.4, 0.5) is 4.79 Å². The van der Waals surface area contributed by atoms with E-state index >= 15 is 0 Å². The Morgan fingerprint density at radius 2 is 2.06 bits per heavy atom. The maximum Gasteiger partial charge on any atom is 0.341 e. The average Bonchev–Trinajstić information content (AvgIpc) is 2.19. The zero-order chi connectivity index (χ0) is 13.0. The molecule has 0 bridgehead atoms. The summed E-state index contributed by atoms with van der Waals surface area (Å²) in [7, 11) is 0. The summed E-state index contributed by atoms with van der Waals surface area (Å²) in [6, 6.07) is 1.38. The van der Waals surface area contributed by atoms with Gasteiger partial charge in [0.1, 0.15) is 12.1 Å². The van der Waals surface area contributed by atoms with Crippen LogP contribution in [-0.2, 0) is 11.3 Å². The molecule has 1 aromatic rings. The Kier molecular flexibility index (Phi) is 3.60. The van der Waals surface area contributed by atoms with Crippen molar-refractivity contribution in [3.63, 3.8) is 0 Å². The molecule has 0 aliphatic rings. The van der Waals surface area contributed by atoms with Gasteiger partial charge < -0.3 is 15.4 Å². The normalized spacial score (nSPS) is 9.65. The average molecular weight is 239 g/mol. The lowest BCUT2D eigenvalue weighted by Gasteiger charge is -2.05. The van der Waals surface area contributed by atoms with Crippen molar-refractivity contribution in [1.29, 1.82) is 0 Å². The number of primary amides is 1. The first-order valence-corrected chi connectivity index (χ1v) is 4.44. The molecule has 8 nitrogen and oxygen atoms in total. The standard InChI is InChI=1S/C9H9N3O5/c10-9(17)11-6(13)4-12-3-1-2-5(7(12)14)8(15)16/h1-3H,4H2,(H,15,16)(H3,10,11,13,17). The van der Waals surface area contributed by atoms with E-state index in [0.29, 0.717) is 0 Å². The number of nitrogens with one attached hydrogen (secondary N) is 1. The molecule has 0 atom stereocenters. The molecule has 0 saturated carbocycles. The van der Waals surface area contributed by atoms with Crippen molar-refractivity contribution in [1.82, 2.24) is 9.88 Å². The number of aromatic carboxylic acids is 1. The Morgan fingerprint density at radius 1 is 1.41 bits per heavy atom. The first kappa shape index (κ1) is 12.4. The smallest absolute Gasteiger partial charge is 0.341 e. The molecule has 8 heteroatoms. The van der Waals surface area contributed by atoms with Crippen LogP contribution in [0.5, 0.6) is 0 Å². The minimum absolute atomic E-state index is 0.459. The van der Waals surface area contributed by atoms with E-state index in [0.717, 1.165) is 10.6 Å². The second kappa shape index (κ2) is 4.92. The summed E-state index contributed by atoms with van der Waals surface area (Å²) in [5.41, 5.74) is 3.42. The number of hydrogen-bond acceptors (Lipinski definition) is 4. The Morgan fingerprint density at radius 3 is 2.59 bits per heavy atom. The lowest BCUT2D eigenvalue weighted by Crippen LogP contribution is -2.39. The second-order valence-electron chi connectivity index (χ2n) is 3.07. The van der Waals surface area contributed by atoms with Crippen LogP contribution in [0.15, 0.2) is 23.1 Å². The number of carbonyl (C=O) groups excluding carboxylic acids is 2. The van der Waals surface area contributed by atoms with Gasteiger partial charge in [-0.2, -0.15) is 0 Å². The number of rotatable bonds is 3. The first-order chi connectivity index (χ1) is 7.91. The lowest BCUT2D eigenvalue weighted by molar-refractivity contribution is -0.120. The highest BCUT2D eigenvalue weighted by molar-refractivity contribution is 5.93. The number of carbonyl (C=O) groups is 3. The Balaban J connectivity index is 2.97. The van der Waals surface area contributed by atoms with E-state index in [1.807, 2.05) is 0 Å². The van der Waals surface area contributed by atoms with Crippen molar-refractivity contribution in [2.24, 2.45) is 5.73 Å². The predicted octanol–water partition coefficient (Wildman–Crippen LogP) is -1.26. The molecule has 17 heavy (non-hydrogen) atoms. The summed E-state index contributed by atoms with van der Waals surface area (Å²) < 4.78 is 0.863. The SMILES string of the molecule is NC(=O)NC(=O)Cn1cccc(C(=O)O)c1=O. The molecule has 0 aliphatic carbocycles. The topological polar surface area (TPSA) is 131 Å². The van der Waals surface area contributed by atoms with Crippen LogP contribution in [0.1, 0.15) is 10.4 Å². The molecule has 1 heterocycles. The fraction of sp³-hybridized carbons (Fsp3) is 0.111. The van der Waals surface area contributed by atoms with Gasteiger partial charge in [0.05, 0.1) is 0 Å². The monoisotopic (exact) mass is 239 g/mol. The third-order valence-electron chi connectivity index (χ3n) is 1.83. The van der Waals surface area contributed by atoms with Crippen LogP contribution >= 0.6 is 0 Å². The molecular formula is C9H9N3O5. The molecule has 90 valence electrons. The van der Waals surface area contributed by atoms with Crippen molar-refractivity contribution in [2.45, 2.75) is 6.54 Å². The number of nitrogens with zero attached hydrogens (tertiary/aromatic N) is 1. The van der Waals surface area contributed by atoms with Gasteiger partial charge in [-0.1, -0.05) is 0 Å². The van der Waals surface area contributed by atoms with Crippen LogP contribution < -0.4 is 16.6 Å². The van der Waals surface area contributed by atoms with Crippen LogP contribution in [0.2, 0.25) is 0 Å². The van der Waals surface area contributed by atoms with Gasteiger partial charge in [-0.25, -0.2) is 9.59 Å². The molecule has 1 aromatic heterocycles. The first-order valence-electron chi connectivity index (χ1n) is 4.44. The Bertz CT molecular complexity index is 534. The molecule has 1 rings (SSSR count). The highest BCUT2D eigenvalue weighted by atomic mass is 16.4. The summed E-state index contributed by atoms with van der Waals surface area (Å²) in [5.74, 6) is -2.19. The van der Waals surface area contributed by atoms with E-state index < -0.39 is 35.6 Å². The summed E-state index contributed by atoms with van der Waals surface area (Å²) in [4.78, 5) is 43.7. The maximum atomic E-state index is 11.5. The number of urea groups is 1. The van der Waals surface area contributed by atoms with Crippen molar-refractivity contribution >= 4 is 17.9 Å². The summed E-state index contributed by atoms with van der Waals surface area (Å²) in [6.45, 7) is -0.483. The third kappa shape index (κ3) is 3.16. The van der Waals surface area contributed by atoms with Crippen molar-refractivity contribution in [3.05, 3.63) is 34.2 Å². The number of aromatic nitrogens is 1. The molecule has 0 aromatic carbocycles. The summed E-state index contributed by atoms with van der Waals surface area (Å²) in [6.07, 6.45) is 1.23. The van der Waals surface area contributed by atoms with Crippen LogP contribution in [0, 0.1) is 0 Å². The fourth-order valence-corrected chi connectivity index (χ4v) is 1.16. The quantitative estimate of drug-likeness (QED) is 0.605. The molecule has 0 saturated heterocycles. The lowest BCUT2D eigenvalue weighted by atomic mass is 10.3. The number of pyridine rings is 1. The zero-order valence-electron chi connectivity index (χ0n) is 8.54. The third-order valence-corrected chi connectivity index (χ3v) is 1.83. The van der Waals surface area contributed by atoms with E-state index in [1.54, 1.807) is 5.32 Å². The van der Waals surface area contributed by atoms with E-state index in [1.165, 1.54) is 12.3 Å². The number of amides is 3. The number of carboxylic acids is 1. The van der Waals surface area contributed by atoms with Crippen LogP contribution in [0.3, 0.4) is 0 Å². The van der Waals surface area contributed by atoms with Gasteiger partial charge in [0.2, 0.25) is 5.91 Å². The second-order valence-corrected chi connectivity index (χ2v) is 3.07. The van der Waals surface area contributed by atoms with Crippen molar-refractivity contribution in [2.75, 3.05) is 0 Å². The molecular weight excluding hydrogens is 230 g/mol. The Labute approximate surface area is 94.7 Å². The zero-order valence-corrected chi connectivity index (χ0v) is 8.54.